The summed E-state index contributed by atoms with van der Waals surface area (Å²) >= 11 is 5.60. The van der Waals surface area contributed by atoms with Crippen LogP contribution in [-0.2, 0) is 6.61 Å². The third-order valence-corrected chi connectivity index (χ3v) is 3.47. The molecule has 0 saturated heterocycles. The van der Waals surface area contributed by atoms with Crippen molar-refractivity contribution in [3.05, 3.63) is 65.2 Å². The molecule has 21 heavy (non-hydrogen) atoms. The lowest BCUT2D eigenvalue weighted by molar-refractivity contribution is 0.0982. The molecule has 0 spiro atoms. The number of halogens is 1. The SMILES string of the molecule is Cc1cccc(COc2ccc(C(=O)CCCCl)cc2)c1. The van der Waals surface area contributed by atoms with Gasteiger partial charge in [0.2, 0.25) is 0 Å². The first-order valence-electron chi connectivity index (χ1n) is 7.06. The second-order valence-electron chi connectivity index (χ2n) is 5.02. The maximum absolute atomic E-state index is 11.8. The summed E-state index contributed by atoms with van der Waals surface area (Å²) < 4.78 is 5.73. The fraction of sp³-hybridized carbons (Fsp3) is 0.278. The Hall–Kier alpha value is -1.80. The molecule has 0 heterocycles. The molecule has 0 amide bonds. The van der Waals surface area contributed by atoms with Crippen LogP contribution in [0.5, 0.6) is 5.75 Å². The molecule has 0 bridgehead atoms. The summed E-state index contributed by atoms with van der Waals surface area (Å²) in [6, 6.07) is 15.5. The number of hydrogen-bond acceptors (Lipinski definition) is 2. The maximum Gasteiger partial charge on any atom is 0.162 e. The van der Waals surface area contributed by atoms with Gasteiger partial charge in [-0.25, -0.2) is 0 Å². The van der Waals surface area contributed by atoms with Gasteiger partial charge in [0.05, 0.1) is 0 Å². The summed E-state index contributed by atoms with van der Waals surface area (Å²) in [6.45, 7) is 2.59. The average molecular weight is 303 g/mol. The molecule has 2 nitrogen and oxygen atoms in total. The highest BCUT2D eigenvalue weighted by Crippen LogP contribution is 2.16. The number of carbonyl (C=O) groups excluding carboxylic acids is 1. The molecule has 0 N–H and O–H groups in total. The fourth-order valence-electron chi connectivity index (χ4n) is 2.08. The van der Waals surface area contributed by atoms with Crippen molar-refractivity contribution < 1.29 is 9.53 Å². The van der Waals surface area contributed by atoms with Crippen molar-refractivity contribution in [1.82, 2.24) is 0 Å². The van der Waals surface area contributed by atoms with E-state index in [2.05, 4.69) is 19.1 Å². The highest BCUT2D eigenvalue weighted by atomic mass is 35.5. The molecule has 3 heteroatoms. The van der Waals surface area contributed by atoms with E-state index in [1.807, 2.05) is 36.4 Å². The van der Waals surface area contributed by atoms with Gasteiger partial charge in [0.25, 0.3) is 0 Å². The van der Waals surface area contributed by atoms with E-state index in [9.17, 15) is 4.79 Å². The molecule has 0 fully saturated rings. The van der Waals surface area contributed by atoms with E-state index >= 15 is 0 Å². The predicted octanol–water partition coefficient (Wildman–Crippen LogP) is 4.78. The number of hydrogen-bond donors (Lipinski definition) is 0. The first-order valence-corrected chi connectivity index (χ1v) is 7.60. The van der Waals surface area contributed by atoms with E-state index in [0.29, 0.717) is 30.9 Å². The second kappa shape index (κ2) is 7.84. The van der Waals surface area contributed by atoms with Crippen molar-refractivity contribution >= 4 is 17.4 Å². The first-order chi connectivity index (χ1) is 10.2. The van der Waals surface area contributed by atoms with Crippen LogP contribution >= 0.6 is 11.6 Å². The van der Waals surface area contributed by atoms with Crippen LogP contribution in [0.15, 0.2) is 48.5 Å². The number of alkyl halides is 1. The fourth-order valence-corrected chi connectivity index (χ4v) is 2.21. The number of ether oxygens (including phenoxy) is 1. The Kier molecular flexibility index (Phi) is 5.82. The lowest BCUT2D eigenvalue weighted by Crippen LogP contribution is -2.00. The Morgan fingerprint density at radius 1 is 1.14 bits per heavy atom. The van der Waals surface area contributed by atoms with Gasteiger partial charge in [0.1, 0.15) is 12.4 Å². The van der Waals surface area contributed by atoms with E-state index in [-0.39, 0.29) is 5.78 Å². The Balaban J connectivity index is 1.92. The van der Waals surface area contributed by atoms with Gasteiger partial charge in [-0.15, -0.1) is 11.6 Å². The van der Waals surface area contributed by atoms with Gasteiger partial charge in [-0.1, -0.05) is 29.8 Å². The van der Waals surface area contributed by atoms with Crippen LogP contribution in [0.4, 0.5) is 0 Å². The monoisotopic (exact) mass is 302 g/mol. The standard InChI is InChI=1S/C18H19ClO2/c1-14-4-2-5-15(12-14)13-21-17-9-7-16(8-10-17)18(20)6-3-11-19/h2,4-5,7-10,12H,3,6,11,13H2,1H3. The maximum atomic E-state index is 11.8. The van der Waals surface area contributed by atoms with Gasteiger partial charge in [-0.2, -0.15) is 0 Å². The number of Topliss-reactive ketones (excluding diaryl/α,β-unsaturated/α-hetero) is 1. The van der Waals surface area contributed by atoms with Crippen LogP contribution in [-0.4, -0.2) is 11.7 Å². The minimum absolute atomic E-state index is 0.126. The first kappa shape index (κ1) is 15.6. The van der Waals surface area contributed by atoms with Gasteiger partial charge >= 0.3 is 0 Å². The number of benzene rings is 2. The summed E-state index contributed by atoms with van der Waals surface area (Å²) in [5.74, 6) is 1.41. The van der Waals surface area contributed by atoms with Crippen LogP contribution in [0, 0.1) is 6.92 Å². The third kappa shape index (κ3) is 4.91. The Morgan fingerprint density at radius 2 is 1.90 bits per heavy atom. The lowest BCUT2D eigenvalue weighted by atomic mass is 10.1. The summed E-state index contributed by atoms with van der Waals surface area (Å²) in [4.78, 5) is 11.8. The molecule has 110 valence electrons. The number of aryl methyl sites for hydroxylation is 1. The highest BCUT2D eigenvalue weighted by molar-refractivity contribution is 6.18. The highest BCUT2D eigenvalue weighted by Gasteiger charge is 2.05. The summed E-state index contributed by atoms with van der Waals surface area (Å²) in [7, 11) is 0. The number of rotatable bonds is 7. The van der Waals surface area contributed by atoms with Gasteiger partial charge in [-0.3, -0.25) is 4.79 Å². The van der Waals surface area contributed by atoms with Crippen molar-refractivity contribution in [2.45, 2.75) is 26.4 Å². The van der Waals surface area contributed by atoms with Crippen LogP contribution in [0.3, 0.4) is 0 Å². The van der Waals surface area contributed by atoms with Crippen molar-refractivity contribution in [3.8, 4) is 5.75 Å². The van der Waals surface area contributed by atoms with Crippen molar-refractivity contribution in [2.75, 3.05) is 5.88 Å². The lowest BCUT2D eigenvalue weighted by Gasteiger charge is -2.07. The Morgan fingerprint density at radius 3 is 2.57 bits per heavy atom. The van der Waals surface area contributed by atoms with E-state index in [4.69, 9.17) is 16.3 Å². The molecule has 0 aliphatic carbocycles. The summed E-state index contributed by atoms with van der Waals surface area (Å²) in [5, 5.41) is 0. The number of ketones is 1. The van der Waals surface area contributed by atoms with Gasteiger partial charge in [-0.05, 0) is 43.2 Å². The van der Waals surface area contributed by atoms with Gasteiger partial charge in [0, 0.05) is 17.9 Å². The molecule has 0 unspecified atom stereocenters. The van der Waals surface area contributed by atoms with Crippen LogP contribution in [0.2, 0.25) is 0 Å². The minimum Gasteiger partial charge on any atom is -0.489 e. The van der Waals surface area contributed by atoms with Crippen LogP contribution in [0.25, 0.3) is 0 Å². The smallest absolute Gasteiger partial charge is 0.162 e. The molecular formula is C18H19ClO2. The summed E-state index contributed by atoms with van der Waals surface area (Å²) in [5.41, 5.74) is 3.07. The normalized spacial score (nSPS) is 10.4. The Labute approximate surface area is 130 Å². The van der Waals surface area contributed by atoms with Crippen LogP contribution < -0.4 is 4.74 Å². The third-order valence-electron chi connectivity index (χ3n) is 3.20. The molecule has 0 radical (unpaired) electrons. The molecule has 0 aromatic heterocycles. The molecule has 0 atom stereocenters. The van der Waals surface area contributed by atoms with E-state index < -0.39 is 0 Å². The molecule has 2 aromatic carbocycles. The molecule has 2 aromatic rings. The predicted molar refractivity (Wildman–Crippen MR) is 86.2 cm³/mol. The zero-order valence-electron chi connectivity index (χ0n) is 12.1. The molecule has 0 saturated carbocycles. The van der Waals surface area contributed by atoms with Crippen LogP contribution in [0.1, 0.15) is 34.3 Å². The average Bonchev–Trinajstić information content (AvgIpc) is 2.51. The van der Waals surface area contributed by atoms with E-state index in [1.54, 1.807) is 0 Å². The van der Waals surface area contributed by atoms with Crippen molar-refractivity contribution in [3.63, 3.8) is 0 Å². The minimum atomic E-state index is 0.126. The topological polar surface area (TPSA) is 26.3 Å². The second-order valence-corrected chi connectivity index (χ2v) is 5.40. The van der Waals surface area contributed by atoms with E-state index in [1.165, 1.54) is 5.56 Å². The summed E-state index contributed by atoms with van der Waals surface area (Å²) in [6.07, 6.45) is 1.21. The van der Waals surface area contributed by atoms with Gasteiger partial charge < -0.3 is 4.74 Å². The molecular weight excluding hydrogens is 284 g/mol. The molecule has 2 rings (SSSR count). The number of carbonyl (C=O) groups is 1. The van der Waals surface area contributed by atoms with E-state index in [0.717, 1.165) is 11.3 Å². The largest absolute Gasteiger partial charge is 0.489 e. The Bertz CT molecular complexity index is 590. The van der Waals surface area contributed by atoms with Crippen molar-refractivity contribution in [2.24, 2.45) is 0 Å². The quantitative estimate of drug-likeness (QED) is 0.543. The zero-order chi connectivity index (χ0) is 15.1. The van der Waals surface area contributed by atoms with Gasteiger partial charge in [0.15, 0.2) is 5.78 Å². The van der Waals surface area contributed by atoms with Crippen molar-refractivity contribution in [1.29, 1.82) is 0 Å². The molecule has 0 aliphatic heterocycles. The molecule has 0 aliphatic rings. The zero-order valence-corrected chi connectivity index (χ0v) is 12.9.